The molecule has 32 heavy (non-hydrogen) atoms. The zero-order valence-electron chi connectivity index (χ0n) is 19.0. The first-order valence-corrected chi connectivity index (χ1v) is 10.5. The van der Waals surface area contributed by atoms with Crippen molar-refractivity contribution in [2.24, 2.45) is 0 Å². The third kappa shape index (κ3) is 5.33. The van der Waals surface area contributed by atoms with Crippen LogP contribution in [0.3, 0.4) is 0 Å². The fourth-order valence-electron chi connectivity index (χ4n) is 3.70. The number of amides is 1. The highest BCUT2D eigenvalue weighted by Crippen LogP contribution is 2.30. The second-order valence-corrected chi connectivity index (χ2v) is 7.66. The second-order valence-electron chi connectivity index (χ2n) is 7.66. The van der Waals surface area contributed by atoms with Crippen LogP contribution in [0.5, 0.6) is 11.5 Å². The summed E-state index contributed by atoms with van der Waals surface area (Å²) in [5.74, 6) is 0.167. The molecular formula is C23H28F2N4O3. The number of aryl methyl sites for hydroxylation is 3. The van der Waals surface area contributed by atoms with Gasteiger partial charge in [0.1, 0.15) is 0 Å². The summed E-state index contributed by atoms with van der Waals surface area (Å²) >= 11 is 0. The van der Waals surface area contributed by atoms with E-state index in [9.17, 15) is 13.6 Å². The van der Waals surface area contributed by atoms with Crippen molar-refractivity contribution >= 4 is 11.6 Å². The van der Waals surface area contributed by atoms with Gasteiger partial charge in [-0.15, -0.1) is 0 Å². The summed E-state index contributed by atoms with van der Waals surface area (Å²) in [6, 6.07) is 6.63. The lowest BCUT2D eigenvalue weighted by Gasteiger charge is -2.19. The predicted octanol–water partition coefficient (Wildman–Crippen LogP) is 4.25. The van der Waals surface area contributed by atoms with Gasteiger partial charge in [-0.2, -0.15) is 13.9 Å². The number of carbonyl (C=O) groups is 1. The van der Waals surface area contributed by atoms with Gasteiger partial charge in [0.05, 0.1) is 12.3 Å². The molecule has 172 valence electrons. The summed E-state index contributed by atoms with van der Waals surface area (Å²) in [5, 5.41) is 4.47. The topological polar surface area (TPSA) is 69.0 Å². The molecule has 0 bridgehead atoms. The Balaban J connectivity index is 1.68. The maximum Gasteiger partial charge on any atom is 0.387 e. The third-order valence-corrected chi connectivity index (χ3v) is 5.24. The van der Waals surface area contributed by atoms with Crippen molar-refractivity contribution in [3.8, 4) is 11.5 Å². The second kappa shape index (κ2) is 9.93. The Kier molecular flexibility index (Phi) is 7.27. The van der Waals surface area contributed by atoms with Gasteiger partial charge in [0.25, 0.3) is 0 Å². The smallest absolute Gasteiger partial charge is 0.387 e. The van der Waals surface area contributed by atoms with Crippen LogP contribution < -0.4 is 9.47 Å². The lowest BCUT2D eigenvalue weighted by molar-refractivity contribution is -0.130. The molecule has 1 amide bonds. The zero-order chi connectivity index (χ0) is 23.4. The molecule has 3 rings (SSSR count). The lowest BCUT2D eigenvalue weighted by atomic mass is 10.1. The molecule has 0 saturated heterocycles. The Bertz CT molecular complexity index is 1110. The van der Waals surface area contributed by atoms with Crippen LogP contribution >= 0.6 is 0 Å². The number of hydrogen-bond acceptors (Lipinski definition) is 5. The molecule has 0 atom stereocenters. The lowest BCUT2D eigenvalue weighted by Crippen LogP contribution is -2.26. The minimum absolute atomic E-state index is 0.0257. The van der Waals surface area contributed by atoms with Crippen LogP contribution in [-0.4, -0.2) is 45.7 Å². The molecule has 1 aromatic carbocycles. The summed E-state index contributed by atoms with van der Waals surface area (Å²) in [5.41, 5.74) is 5.33. The van der Waals surface area contributed by atoms with E-state index in [2.05, 4.69) is 14.8 Å². The van der Waals surface area contributed by atoms with Gasteiger partial charge >= 0.3 is 6.61 Å². The molecule has 3 aromatic rings. The number of ether oxygens (including phenoxy) is 2. The van der Waals surface area contributed by atoms with Gasteiger partial charge in [0.2, 0.25) is 5.91 Å². The summed E-state index contributed by atoms with van der Waals surface area (Å²) in [4.78, 5) is 19.0. The van der Waals surface area contributed by atoms with Crippen molar-refractivity contribution in [1.29, 1.82) is 0 Å². The van der Waals surface area contributed by atoms with Crippen molar-refractivity contribution < 1.29 is 23.0 Å². The zero-order valence-corrected chi connectivity index (χ0v) is 19.0. The van der Waals surface area contributed by atoms with Crippen LogP contribution in [0.1, 0.15) is 41.6 Å². The Hall–Kier alpha value is -3.23. The van der Waals surface area contributed by atoms with E-state index in [0.29, 0.717) is 26.0 Å². The molecule has 0 saturated carbocycles. The van der Waals surface area contributed by atoms with E-state index < -0.39 is 6.61 Å². The van der Waals surface area contributed by atoms with E-state index in [-0.39, 0.29) is 17.4 Å². The Morgan fingerprint density at radius 1 is 1.19 bits per heavy atom. The number of benzene rings is 1. The Labute approximate surface area is 186 Å². The molecule has 2 aromatic heterocycles. The largest absolute Gasteiger partial charge is 0.490 e. The van der Waals surface area contributed by atoms with Crippen LogP contribution in [0, 0.1) is 20.8 Å². The van der Waals surface area contributed by atoms with Crippen molar-refractivity contribution in [3.05, 3.63) is 52.5 Å². The van der Waals surface area contributed by atoms with Crippen molar-refractivity contribution in [3.63, 3.8) is 0 Å². The number of nitrogens with zero attached hydrogens (tertiary/aromatic N) is 4. The molecule has 9 heteroatoms. The van der Waals surface area contributed by atoms with Gasteiger partial charge < -0.3 is 14.4 Å². The molecular weight excluding hydrogens is 418 g/mol. The Morgan fingerprint density at radius 2 is 1.94 bits per heavy atom. The van der Waals surface area contributed by atoms with Crippen LogP contribution in [0.2, 0.25) is 0 Å². The molecule has 0 spiro atoms. The van der Waals surface area contributed by atoms with E-state index >= 15 is 0 Å². The van der Waals surface area contributed by atoms with Gasteiger partial charge in [-0.1, -0.05) is 6.07 Å². The number of carbonyl (C=O) groups excluding carboxylic acids is 1. The van der Waals surface area contributed by atoms with Gasteiger partial charge in [0, 0.05) is 37.5 Å². The molecule has 0 aliphatic rings. The van der Waals surface area contributed by atoms with Crippen LogP contribution in [0.25, 0.3) is 5.65 Å². The third-order valence-electron chi connectivity index (χ3n) is 5.24. The van der Waals surface area contributed by atoms with Crippen molar-refractivity contribution in [1.82, 2.24) is 19.5 Å². The number of rotatable bonds is 9. The molecule has 0 N–H and O–H groups in total. The van der Waals surface area contributed by atoms with Gasteiger partial charge in [-0.05, 0) is 57.4 Å². The predicted molar refractivity (Wildman–Crippen MR) is 116 cm³/mol. The monoisotopic (exact) mass is 446 g/mol. The summed E-state index contributed by atoms with van der Waals surface area (Å²) < 4.78 is 36.9. The minimum atomic E-state index is -2.93. The molecule has 0 fully saturated rings. The summed E-state index contributed by atoms with van der Waals surface area (Å²) in [6.07, 6.45) is 0.866. The minimum Gasteiger partial charge on any atom is -0.490 e. The average molecular weight is 446 g/mol. The quantitative estimate of drug-likeness (QED) is 0.492. The fraction of sp³-hybridized carbons (Fsp3) is 0.435. The van der Waals surface area contributed by atoms with E-state index in [4.69, 9.17) is 4.74 Å². The van der Waals surface area contributed by atoms with E-state index in [0.717, 1.165) is 33.9 Å². The highest BCUT2D eigenvalue weighted by atomic mass is 19.3. The first kappa shape index (κ1) is 23.4. The summed E-state index contributed by atoms with van der Waals surface area (Å²) in [7, 11) is 1.71. The highest BCUT2D eigenvalue weighted by Gasteiger charge is 2.17. The maximum atomic E-state index is 12.8. The number of alkyl halides is 2. The average Bonchev–Trinajstić information content (AvgIpc) is 3.09. The number of aromatic nitrogens is 3. The molecule has 0 radical (unpaired) electrons. The molecule has 2 heterocycles. The number of halogens is 2. The van der Waals surface area contributed by atoms with Crippen LogP contribution in [-0.2, 0) is 17.8 Å². The standard InChI is InChI=1S/C23H28F2N4O3/c1-6-31-20-12-17(7-9-19(20)32-23(24)25)13-28(5)22(30)10-8-18-15(3)26-21-11-14(2)27-29(21)16(18)4/h7,9,11-12,23H,6,8,10,13H2,1-5H3. The molecule has 7 nitrogen and oxygen atoms in total. The first-order valence-electron chi connectivity index (χ1n) is 10.5. The summed E-state index contributed by atoms with van der Waals surface area (Å²) in [6.45, 7) is 5.30. The highest BCUT2D eigenvalue weighted by molar-refractivity contribution is 5.76. The van der Waals surface area contributed by atoms with Gasteiger partial charge in [-0.3, -0.25) is 4.79 Å². The molecule has 0 aliphatic carbocycles. The SMILES string of the molecule is CCOc1cc(CN(C)C(=O)CCc2c(C)nc3cc(C)nn3c2C)ccc1OC(F)F. The van der Waals surface area contributed by atoms with Crippen LogP contribution in [0.4, 0.5) is 8.78 Å². The van der Waals surface area contributed by atoms with E-state index in [1.54, 1.807) is 31.0 Å². The van der Waals surface area contributed by atoms with Crippen LogP contribution in [0.15, 0.2) is 24.3 Å². The fourth-order valence-corrected chi connectivity index (χ4v) is 3.70. The first-order chi connectivity index (χ1) is 15.2. The van der Waals surface area contributed by atoms with Crippen molar-refractivity contribution in [2.75, 3.05) is 13.7 Å². The maximum absolute atomic E-state index is 12.8. The number of fused-ring (bicyclic) bond motifs is 1. The van der Waals surface area contributed by atoms with Gasteiger partial charge in [-0.25, -0.2) is 9.50 Å². The number of hydrogen-bond donors (Lipinski definition) is 0. The Morgan fingerprint density at radius 3 is 2.62 bits per heavy atom. The van der Waals surface area contributed by atoms with E-state index in [1.165, 1.54) is 6.07 Å². The van der Waals surface area contributed by atoms with Crippen molar-refractivity contribution in [2.45, 2.75) is 53.7 Å². The van der Waals surface area contributed by atoms with Gasteiger partial charge in [0.15, 0.2) is 17.1 Å². The molecule has 0 aliphatic heterocycles. The normalized spacial score (nSPS) is 11.2. The van der Waals surface area contributed by atoms with E-state index in [1.807, 2.05) is 31.4 Å². The molecule has 0 unspecified atom stereocenters.